The number of thiazole rings is 1. The van der Waals surface area contributed by atoms with E-state index in [-0.39, 0.29) is 0 Å². The van der Waals surface area contributed by atoms with Gasteiger partial charge in [0.15, 0.2) is 5.13 Å². The molecule has 0 aliphatic rings. The second-order valence-corrected chi connectivity index (χ2v) is 5.79. The van der Waals surface area contributed by atoms with Crippen molar-refractivity contribution in [1.82, 2.24) is 4.98 Å². The van der Waals surface area contributed by atoms with E-state index in [1.807, 2.05) is 0 Å². The van der Waals surface area contributed by atoms with Crippen LogP contribution in [0.1, 0.15) is 44.2 Å². The van der Waals surface area contributed by atoms with Gasteiger partial charge in [-0.3, -0.25) is 0 Å². The molecule has 1 aromatic rings. The summed E-state index contributed by atoms with van der Waals surface area (Å²) >= 11 is 1.70. The topological polar surface area (TPSA) is 51.4 Å². The number of methoxy groups -OCH3 is 1. The molecule has 0 saturated carbocycles. The van der Waals surface area contributed by atoms with Crippen LogP contribution < -0.4 is 10.6 Å². The summed E-state index contributed by atoms with van der Waals surface area (Å²) in [7, 11) is 1.70. The van der Waals surface area contributed by atoms with Crippen molar-refractivity contribution in [3.8, 4) is 0 Å². The number of hydrogen-bond acceptors (Lipinski definition) is 5. The normalized spacial score (nSPS) is 11.3. The van der Waals surface area contributed by atoms with Gasteiger partial charge in [-0.15, -0.1) is 11.3 Å². The lowest BCUT2D eigenvalue weighted by Gasteiger charge is -2.24. The number of aromatic nitrogens is 1. The Kier molecular flexibility index (Phi) is 7.34. The van der Waals surface area contributed by atoms with Gasteiger partial charge in [0.1, 0.15) is 0 Å². The van der Waals surface area contributed by atoms with Crippen molar-refractivity contribution in [3.63, 3.8) is 0 Å². The molecule has 0 fully saturated rings. The number of ether oxygens (including phenoxy) is 1. The number of nitrogens with two attached hydrogens (primary N) is 1. The molecular formula is C14H27N3OS. The Hall–Kier alpha value is -0.650. The van der Waals surface area contributed by atoms with Crippen LogP contribution in [0.25, 0.3) is 0 Å². The summed E-state index contributed by atoms with van der Waals surface area (Å²) in [4.78, 5) is 8.20. The Balaban J connectivity index is 2.85. The van der Waals surface area contributed by atoms with Crippen LogP contribution in [0.2, 0.25) is 0 Å². The van der Waals surface area contributed by atoms with Crippen LogP contribution in [-0.4, -0.2) is 25.2 Å². The summed E-state index contributed by atoms with van der Waals surface area (Å²) in [5.41, 5.74) is 6.78. The summed E-state index contributed by atoms with van der Waals surface area (Å²) in [5.74, 6) is 0.732. The maximum absolute atomic E-state index is 5.79. The molecule has 0 aliphatic heterocycles. The quantitative estimate of drug-likeness (QED) is 0.758. The Morgan fingerprint density at radius 2 is 2.00 bits per heavy atom. The molecule has 2 N–H and O–H groups in total. The smallest absolute Gasteiger partial charge is 0.185 e. The molecule has 1 heterocycles. The molecule has 0 radical (unpaired) electrons. The van der Waals surface area contributed by atoms with Crippen molar-refractivity contribution < 1.29 is 4.74 Å². The van der Waals surface area contributed by atoms with Crippen molar-refractivity contribution in [2.75, 3.05) is 25.1 Å². The molecule has 5 heteroatoms. The highest BCUT2D eigenvalue weighted by Gasteiger charge is 2.17. The summed E-state index contributed by atoms with van der Waals surface area (Å²) in [6.45, 7) is 9.84. The van der Waals surface area contributed by atoms with Gasteiger partial charge in [-0.1, -0.05) is 26.7 Å². The predicted molar refractivity (Wildman–Crippen MR) is 82.7 cm³/mol. The van der Waals surface area contributed by atoms with E-state index in [4.69, 9.17) is 15.5 Å². The minimum Gasteiger partial charge on any atom is -0.378 e. The highest BCUT2D eigenvalue weighted by Crippen LogP contribution is 2.28. The van der Waals surface area contributed by atoms with E-state index in [0.29, 0.717) is 13.2 Å². The van der Waals surface area contributed by atoms with E-state index in [1.54, 1.807) is 18.4 Å². The first-order valence-electron chi connectivity index (χ1n) is 7.12. The maximum Gasteiger partial charge on any atom is 0.185 e. The Labute approximate surface area is 121 Å². The van der Waals surface area contributed by atoms with Crippen LogP contribution in [-0.2, 0) is 17.9 Å². The average molecular weight is 285 g/mol. The van der Waals surface area contributed by atoms with Gasteiger partial charge in [0, 0.05) is 31.6 Å². The first-order chi connectivity index (χ1) is 9.19. The summed E-state index contributed by atoms with van der Waals surface area (Å²) < 4.78 is 5.19. The third-order valence-electron chi connectivity index (χ3n) is 3.52. The van der Waals surface area contributed by atoms with E-state index >= 15 is 0 Å². The summed E-state index contributed by atoms with van der Waals surface area (Å²) in [6.07, 6.45) is 2.43. The third-order valence-corrected chi connectivity index (χ3v) is 4.70. The van der Waals surface area contributed by atoms with Gasteiger partial charge in [0.05, 0.1) is 12.3 Å². The highest BCUT2D eigenvalue weighted by atomic mass is 32.1. The van der Waals surface area contributed by atoms with Crippen LogP contribution >= 0.6 is 11.3 Å². The minimum absolute atomic E-state index is 0.541. The molecule has 0 aromatic carbocycles. The number of rotatable bonds is 9. The number of anilines is 1. The first kappa shape index (κ1) is 16.4. The molecule has 110 valence electrons. The molecule has 19 heavy (non-hydrogen) atoms. The van der Waals surface area contributed by atoms with Gasteiger partial charge in [0.2, 0.25) is 0 Å². The van der Waals surface area contributed by atoms with E-state index < -0.39 is 0 Å². The average Bonchev–Trinajstić information content (AvgIpc) is 2.84. The molecule has 4 nitrogen and oxygen atoms in total. The standard InChI is InChI=1S/C14H27N3OS/c1-5-11(6-2)9-17(7-3)14-16-12(10-18-4)13(8-15)19-14/h11H,5-10,15H2,1-4H3. The van der Waals surface area contributed by atoms with E-state index in [9.17, 15) is 0 Å². The predicted octanol–water partition coefficient (Wildman–Crippen LogP) is 3.01. The zero-order valence-electron chi connectivity index (χ0n) is 12.6. The molecule has 0 saturated heterocycles. The first-order valence-corrected chi connectivity index (χ1v) is 7.94. The molecule has 0 unspecified atom stereocenters. The second-order valence-electron chi connectivity index (χ2n) is 4.72. The molecule has 0 aliphatic carbocycles. The van der Waals surface area contributed by atoms with Gasteiger partial charge < -0.3 is 15.4 Å². The summed E-state index contributed by atoms with van der Waals surface area (Å²) in [5, 5.41) is 1.09. The Bertz CT molecular complexity index is 364. The molecule has 0 bridgehead atoms. The maximum atomic E-state index is 5.79. The van der Waals surface area contributed by atoms with Crippen LogP contribution in [0.3, 0.4) is 0 Å². The van der Waals surface area contributed by atoms with Gasteiger partial charge in [-0.25, -0.2) is 4.98 Å². The van der Waals surface area contributed by atoms with Gasteiger partial charge >= 0.3 is 0 Å². The van der Waals surface area contributed by atoms with Gasteiger partial charge in [0.25, 0.3) is 0 Å². The molecule has 0 atom stereocenters. The van der Waals surface area contributed by atoms with Crippen LogP contribution in [0.5, 0.6) is 0 Å². The Morgan fingerprint density at radius 1 is 1.32 bits per heavy atom. The second kappa shape index (κ2) is 8.51. The molecule has 0 amide bonds. The van der Waals surface area contributed by atoms with Crippen LogP contribution in [0, 0.1) is 5.92 Å². The van der Waals surface area contributed by atoms with Crippen LogP contribution in [0.15, 0.2) is 0 Å². The highest BCUT2D eigenvalue weighted by molar-refractivity contribution is 7.15. The number of nitrogens with zero attached hydrogens (tertiary/aromatic N) is 2. The fraction of sp³-hybridized carbons (Fsp3) is 0.786. The largest absolute Gasteiger partial charge is 0.378 e. The zero-order valence-corrected chi connectivity index (χ0v) is 13.4. The summed E-state index contributed by atoms with van der Waals surface area (Å²) in [6, 6.07) is 0. The van der Waals surface area contributed by atoms with Crippen molar-refractivity contribution in [1.29, 1.82) is 0 Å². The third kappa shape index (κ3) is 4.44. The zero-order chi connectivity index (χ0) is 14.3. The molecular weight excluding hydrogens is 258 g/mol. The lowest BCUT2D eigenvalue weighted by Crippen LogP contribution is -2.28. The van der Waals surface area contributed by atoms with Crippen LogP contribution in [0.4, 0.5) is 5.13 Å². The van der Waals surface area contributed by atoms with E-state index in [2.05, 4.69) is 25.7 Å². The minimum atomic E-state index is 0.541. The monoisotopic (exact) mass is 285 g/mol. The van der Waals surface area contributed by atoms with Crippen molar-refractivity contribution in [2.45, 2.75) is 46.8 Å². The lowest BCUT2D eigenvalue weighted by molar-refractivity contribution is 0.181. The molecule has 1 rings (SSSR count). The van der Waals surface area contributed by atoms with Gasteiger partial charge in [-0.05, 0) is 12.8 Å². The molecule has 0 spiro atoms. The van der Waals surface area contributed by atoms with E-state index in [0.717, 1.165) is 34.7 Å². The fourth-order valence-electron chi connectivity index (χ4n) is 2.11. The SMILES string of the molecule is CCC(CC)CN(CC)c1nc(COC)c(CN)s1. The van der Waals surface area contributed by atoms with Crippen molar-refractivity contribution >= 4 is 16.5 Å². The fourth-order valence-corrected chi connectivity index (χ4v) is 3.13. The Morgan fingerprint density at radius 3 is 2.47 bits per heavy atom. The van der Waals surface area contributed by atoms with Gasteiger partial charge in [-0.2, -0.15) is 0 Å². The lowest BCUT2D eigenvalue weighted by atomic mass is 10.0. The molecule has 1 aromatic heterocycles. The number of hydrogen-bond donors (Lipinski definition) is 1. The van der Waals surface area contributed by atoms with Crippen molar-refractivity contribution in [3.05, 3.63) is 10.6 Å². The van der Waals surface area contributed by atoms with Crippen molar-refractivity contribution in [2.24, 2.45) is 11.7 Å². The van der Waals surface area contributed by atoms with E-state index in [1.165, 1.54) is 12.8 Å².